The highest BCUT2D eigenvalue weighted by atomic mass is 79.9. The summed E-state index contributed by atoms with van der Waals surface area (Å²) in [6, 6.07) is 3.35. The van der Waals surface area contributed by atoms with E-state index in [4.69, 9.17) is 9.73 Å². The Bertz CT molecular complexity index is 1170. The van der Waals surface area contributed by atoms with Crippen molar-refractivity contribution < 1.29 is 19.4 Å². The van der Waals surface area contributed by atoms with E-state index >= 15 is 0 Å². The molecule has 2 aliphatic rings. The lowest BCUT2D eigenvalue weighted by Gasteiger charge is -2.53. The summed E-state index contributed by atoms with van der Waals surface area (Å²) in [6.07, 6.45) is 3.82. The van der Waals surface area contributed by atoms with Crippen molar-refractivity contribution in [1.29, 1.82) is 0 Å². The first-order chi connectivity index (χ1) is 16.2. The predicted molar refractivity (Wildman–Crippen MR) is 135 cm³/mol. The van der Waals surface area contributed by atoms with E-state index in [1.807, 2.05) is 19.1 Å². The van der Waals surface area contributed by atoms with Gasteiger partial charge in [0, 0.05) is 35.5 Å². The number of urea groups is 1. The molecule has 34 heavy (non-hydrogen) atoms. The molecule has 1 aromatic heterocycles. The number of aliphatic carboxylic acids is 1. The van der Waals surface area contributed by atoms with Gasteiger partial charge in [0.15, 0.2) is 0 Å². The molecule has 10 nitrogen and oxygen atoms in total. The molecule has 12 heteroatoms. The fourth-order valence-electron chi connectivity index (χ4n) is 4.59. The van der Waals surface area contributed by atoms with Crippen molar-refractivity contribution in [3.63, 3.8) is 0 Å². The number of carboxylic acids is 1. The number of carboxylic acid groups (broad SMARTS) is 1. The van der Waals surface area contributed by atoms with Gasteiger partial charge in [-0.05, 0) is 54.9 Å². The van der Waals surface area contributed by atoms with Crippen LogP contribution in [0.5, 0.6) is 0 Å². The van der Waals surface area contributed by atoms with Crippen LogP contribution in [-0.2, 0) is 9.53 Å². The van der Waals surface area contributed by atoms with Crippen molar-refractivity contribution in [3.05, 3.63) is 34.4 Å². The van der Waals surface area contributed by atoms with E-state index in [1.165, 1.54) is 18.4 Å². The molecule has 0 radical (unpaired) electrons. The number of ether oxygens (including phenoxy) is 1. The molecule has 4 rings (SSSR count). The number of methoxy groups -OCH3 is 1. The van der Waals surface area contributed by atoms with Gasteiger partial charge in [-0.3, -0.25) is 10.1 Å². The Morgan fingerprint density at radius 2 is 2.24 bits per heavy atom. The number of rotatable bonds is 5. The van der Waals surface area contributed by atoms with Crippen LogP contribution < -0.4 is 20.9 Å². The van der Waals surface area contributed by atoms with Crippen LogP contribution in [-0.4, -0.2) is 60.5 Å². The summed E-state index contributed by atoms with van der Waals surface area (Å²) < 4.78 is 7.28. The van der Waals surface area contributed by atoms with Crippen LogP contribution >= 0.6 is 27.3 Å². The van der Waals surface area contributed by atoms with Crippen molar-refractivity contribution in [3.8, 4) is 0 Å². The van der Waals surface area contributed by atoms with Gasteiger partial charge in [-0.25, -0.2) is 14.8 Å². The number of aliphatic imine (C=N–C) groups is 1. The van der Waals surface area contributed by atoms with Crippen LogP contribution in [0.4, 0.5) is 10.5 Å². The average molecular weight is 551 g/mol. The highest BCUT2D eigenvalue weighted by Gasteiger charge is 2.58. The van der Waals surface area contributed by atoms with Crippen molar-refractivity contribution in [2.75, 3.05) is 31.6 Å². The lowest BCUT2D eigenvalue weighted by molar-refractivity contribution is -0.155. The van der Waals surface area contributed by atoms with Gasteiger partial charge in [-0.15, -0.1) is 11.3 Å². The molecule has 4 N–H and O–H groups in total. The molecule has 2 aromatic rings. The normalized spacial score (nSPS) is 26.8. The predicted octanol–water partition coefficient (Wildman–Crippen LogP) is 3.11. The zero-order valence-electron chi connectivity index (χ0n) is 19.1. The highest BCUT2D eigenvalue weighted by Crippen LogP contribution is 2.46. The Labute approximate surface area is 209 Å². The van der Waals surface area contributed by atoms with Crippen LogP contribution in [0.3, 0.4) is 0 Å². The molecule has 0 bridgehead atoms. The number of benzene rings is 1. The number of aromatic nitrogens is 1. The van der Waals surface area contributed by atoms with Gasteiger partial charge in [0.2, 0.25) is 11.7 Å². The fraction of sp³-hybridized carbons (Fsp3) is 0.455. The Morgan fingerprint density at radius 1 is 1.44 bits per heavy atom. The number of nitrogens with zero attached hydrogens (tertiary/aromatic N) is 3. The van der Waals surface area contributed by atoms with Gasteiger partial charge in [-0.1, -0.05) is 0 Å². The third-order valence-corrected chi connectivity index (χ3v) is 8.18. The largest absolute Gasteiger partial charge is 0.481 e. The molecule has 2 amide bonds. The van der Waals surface area contributed by atoms with E-state index in [1.54, 1.807) is 29.6 Å². The summed E-state index contributed by atoms with van der Waals surface area (Å²) in [5.74, 6) is -2.83. The average Bonchev–Trinajstić information content (AvgIpc) is 3.28. The molecule has 2 aliphatic heterocycles. The summed E-state index contributed by atoms with van der Waals surface area (Å²) in [6.45, 7) is 4.78. The first-order valence-electron chi connectivity index (χ1n) is 10.9. The molecule has 1 saturated heterocycles. The highest BCUT2D eigenvalue weighted by molar-refractivity contribution is 9.10. The van der Waals surface area contributed by atoms with Gasteiger partial charge >= 0.3 is 12.0 Å². The Hall–Kier alpha value is -2.70. The number of nitrogens with one attached hydrogen (secondary N) is 3. The second-order valence-corrected chi connectivity index (χ2v) is 10.1. The smallest absolute Gasteiger partial charge is 0.318 e. The topological polar surface area (TPSA) is 128 Å². The minimum Gasteiger partial charge on any atom is -0.481 e. The molecule has 182 valence electrons. The van der Waals surface area contributed by atoms with Gasteiger partial charge in [0.05, 0.1) is 34.2 Å². The minimum absolute atomic E-state index is 0.278. The minimum atomic E-state index is -1.50. The van der Waals surface area contributed by atoms with E-state index in [0.717, 1.165) is 14.7 Å². The first-order valence-corrected chi connectivity index (χ1v) is 12.6. The number of anilines is 1. The monoisotopic (exact) mass is 550 g/mol. The Morgan fingerprint density at radius 3 is 2.94 bits per heavy atom. The zero-order chi connectivity index (χ0) is 24.5. The zero-order valence-corrected chi connectivity index (χ0v) is 21.5. The Balaban J connectivity index is 1.95. The maximum Gasteiger partial charge on any atom is 0.318 e. The van der Waals surface area contributed by atoms with Crippen LogP contribution in [0.25, 0.3) is 10.2 Å². The van der Waals surface area contributed by atoms with Crippen molar-refractivity contribution in [2.45, 2.75) is 26.1 Å². The summed E-state index contributed by atoms with van der Waals surface area (Å²) >= 11 is 5.14. The van der Waals surface area contributed by atoms with E-state index < -0.39 is 29.1 Å². The van der Waals surface area contributed by atoms with Crippen molar-refractivity contribution in [2.24, 2.45) is 16.3 Å². The van der Waals surface area contributed by atoms with Gasteiger partial charge in [0.1, 0.15) is 0 Å². The number of fused-ring (bicyclic) bond motifs is 1. The van der Waals surface area contributed by atoms with E-state index in [-0.39, 0.29) is 5.90 Å². The molecular formula is C22H27BrN6O4S. The number of hydrogen-bond acceptors (Lipinski definition) is 8. The van der Waals surface area contributed by atoms with E-state index in [9.17, 15) is 14.7 Å². The lowest BCUT2D eigenvalue weighted by atomic mass is 9.68. The third-order valence-electron chi connectivity index (χ3n) is 6.42. The summed E-state index contributed by atoms with van der Waals surface area (Å²) in [5.41, 5.74) is 2.05. The number of carbonyl (C=O) groups is 2. The quantitative estimate of drug-likeness (QED) is 0.450. The van der Waals surface area contributed by atoms with E-state index in [2.05, 4.69) is 36.9 Å². The number of carbonyl (C=O) groups excluding carboxylic acids is 1. The molecule has 0 spiro atoms. The number of thiazole rings is 1. The number of halogens is 1. The van der Waals surface area contributed by atoms with Gasteiger partial charge in [-0.2, -0.15) is 0 Å². The molecule has 1 aromatic carbocycles. The number of amides is 2. The fourth-order valence-corrected chi connectivity index (χ4v) is 5.98. The molecule has 1 fully saturated rings. The van der Waals surface area contributed by atoms with Gasteiger partial charge < -0.3 is 25.4 Å². The molecule has 3 heterocycles. The summed E-state index contributed by atoms with van der Waals surface area (Å²) in [4.78, 5) is 36.6. The molecular weight excluding hydrogens is 524 g/mol. The first kappa shape index (κ1) is 24.4. The van der Waals surface area contributed by atoms with Crippen LogP contribution in [0.1, 0.15) is 20.3 Å². The van der Waals surface area contributed by atoms with Crippen LogP contribution in [0.15, 0.2) is 39.4 Å². The number of piperidine rings is 1. The van der Waals surface area contributed by atoms with Crippen LogP contribution in [0, 0.1) is 11.3 Å². The van der Waals surface area contributed by atoms with E-state index in [0.29, 0.717) is 31.7 Å². The standard InChI is InChI=1S/C22H27BrN6O4S/c1-4-25-20(32)28-22(16-11-24-7-6-21(16,2)19(30)31)27-17(33-3)5-8-29(22)13-9-14(23)18-15(10-13)26-12-34-18/h5,8-10,12,16,24H,4,6-7,11H2,1-3H3,(H,30,31)(H2,25,28,32). The maximum absolute atomic E-state index is 13.0. The number of hydrogen-bond donors (Lipinski definition) is 4. The SMILES string of the molecule is CCNC(=O)NC1(C2CNCCC2(C)C(=O)O)N=C(OC)C=CN1c1cc(Br)c2scnc2c1. The second kappa shape index (κ2) is 9.51. The summed E-state index contributed by atoms with van der Waals surface area (Å²) in [5, 5.41) is 19.4. The summed E-state index contributed by atoms with van der Waals surface area (Å²) in [7, 11) is 1.49. The molecule has 0 saturated carbocycles. The van der Waals surface area contributed by atoms with Crippen LogP contribution in [0.2, 0.25) is 0 Å². The third kappa shape index (κ3) is 4.14. The Kier molecular flexibility index (Phi) is 6.83. The molecule has 3 unspecified atom stereocenters. The molecule has 0 aliphatic carbocycles. The molecule has 3 atom stereocenters. The van der Waals surface area contributed by atoms with Crippen molar-refractivity contribution in [1.82, 2.24) is 20.9 Å². The second-order valence-electron chi connectivity index (χ2n) is 8.41. The maximum atomic E-state index is 13.0. The van der Waals surface area contributed by atoms with Gasteiger partial charge in [0.25, 0.3) is 0 Å². The van der Waals surface area contributed by atoms with Crippen molar-refractivity contribution >= 4 is 61.1 Å². The lowest BCUT2D eigenvalue weighted by Crippen LogP contribution is -2.71.